The van der Waals surface area contributed by atoms with E-state index in [0.29, 0.717) is 10.6 Å². The van der Waals surface area contributed by atoms with Crippen LogP contribution < -0.4 is 14.8 Å². The van der Waals surface area contributed by atoms with Gasteiger partial charge in [-0.15, -0.1) is 11.3 Å². The van der Waals surface area contributed by atoms with E-state index in [0.717, 1.165) is 42.2 Å². The van der Waals surface area contributed by atoms with Gasteiger partial charge in [-0.05, 0) is 43.4 Å². The Labute approximate surface area is 182 Å². The van der Waals surface area contributed by atoms with E-state index in [1.165, 1.54) is 37.7 Å². The van der Waals surface area contributed by atoms with Gasteiger partial charge in [-0.3, -0.25) is 14.9 Å². The average Bonchev–Trinajstić information content (AvgIpc) is 3.13. The van der Waals surface area contributed by atoms with Crippen LogP contribution in [0.25, 0.3) is 6.08 Å². The number of thiophene rings is 1. The largest absolute Gasteiger partial charge is 0.493 e. The van der Waals surface area contributed by atoms with E-state index in [1.807, 2.05) is 0 Å². The van der Waals surface area contributed by atoms with Crippen LogP contribution in [0.5, 0.6) is 11.5 Å². The van der Waals surface area contributed by atoms with E-state index in [2.05, 4.69) is 11.4 Å². The molecule has 1 heterocycles. The number of rotatable bonds is 6. The monoisotopic (exact) mass is 438 g/mol. The molecule has 2 aromatic rings. The summed E-state index contributed by atoms with van der Waals surface area (Å²) in [5.74, 6) is -0.381. The topological polar surface area (TPSA) is 138 Å². The maximum absolute atomic E-state index is 12.8. The van der Waals surface area contributed by atoms with Crippen LogP contribution in [0.1, 0.15) is 34.4 Å². The molecule has 3 rings (SSSR count). The van der Waals surface area contributed by atoms with Crippen LogP contribution in [0, 0.1) is 32.8 Å². The Balaban J connectivity index is 1.99. The van der Waals surface area contributed by atoms with E-state index in [4.69, 9.17) is 9.47 Å². The summed E-state index contributed by atoms with van der Waals surface area (Å²) in [6.07, 6.45) is 4.76. The molecule has 0 saturated heterocycles. The highest BCUT2D eigenvalue weighted by Crippen LogP contribution is 2.38. The maximum atomic E-state index is 12.8. The molecule has 9 nitrogen and oxygen atoms in total. The Kier molecular flexibility index (Phi) is 6.53. The molecular formula is C21H18N4O5S. The molecule has 158 valence electrons. The van der Waals surface area contributed by atoms with Gasteiger partial charge >= 0.3 is 0 Å². The molecule has 0 saturated carbocycles. The van der Waals surface area contributed by atoms with Gasteiger partial charge in [0.05, 0.1) is 36.3 Å². The molecule has 1 aromatic heterocycles. The third-order valence-electron chi connectivity index (χ3n) is 4.90. The molecule has 31 heavy (non-hydrogen) atoms. The number of benzene rings is 1. The number of fused-ring (bicyclic) bond motifs is 1. The first-order valence-corrected chi connectivity index (χ1v) is 10.1. The van der Waals surface area contributed by atoms with Crippen molar-refractivity contribution in [2.45, 2.75) is 25.7 Å². The molecule has 0 fully saturated rings. The van der Waals surface area contributed by atoms with E-state index in [-0.39, 0.29) is 28.3 Å². The zero-order valence-corrected chi connectivity index (χ0v) is 17.7. The number of nitro groups is 1. The first kappa shape index (κ1) is 21.8. The second-order valence-electron chi connectivity index (χ2n) is 6.67. The van der Waals surface area contributed by atoms with Gasteiger partial charge in [0.1, 0.15) is 22.7 Å². The number of ether oxygens (including phenoxy) is 2. The fourth-order valence-electron chi connectivity index (χ4n) is 3.40. The molecule has 0 aliphatic heterocycles. The third-order valence-corrected chi connectivity index (χ3v) is 6.11. The smallest absolute Gasteiger partial charge is 0.280 e. The second-order valence-corrected chi connectivity index (χ2v) is 7.78. The van der Waals surface area contributed by atoms with E-state index in [1.54, 1.807) is 6.07 Å². The lowest BCUT2D eigenvalue weighted by Gasteiger charge is -2.09. The van der Waals surface area contributed by atoms with Crippen molar-refractivity contribution >= 4 is 34.0 Å². The number of nitrogens with zero attached hydrogens (tertiary/aromatic N) is 3. The van der Waals surface area contributed by atoms with E-state index in [9.17, 15) is 25.4 Å². The highest BCUT2D eigenvalue weighted by molar-refractivity contribution is 7.16. The summed E-state index contributed by atoms with van der Waals surface area (Å²) in [6, 6.07) is 6.41. The summed E-state index contributed by atoms with van der Waals surface area (Å²) >= 11 is 1.33. The minimum absolute atomic E-state index is 0.0142. The molecule has 10 heteroatoms. The number of nitrogens with one attached hydrogen (secondary N) is 1. The number of amides is 1. The van der Waals surface area contributed by atoms with Gasteiger partial charge in [0.15, 0.2) is 11.5 Å². The minimum atomic E-state index is -0.748. The van der Waals surface area contributed by atoms with Crippen molar-refractivity contribution in [3.05, 3.63) is 49.4 Å². The van der Waals surface area contributed by atoms with Crippen LogP contribution in [0.15, 0.2) is 17.7 Å². The molecule has 1 N–H and O–H groups in total. The maximum Gasteiger partial charge on any atom is 0.280 e. The van der Waals surface area contributed by atoms with Gasteiger partial charge in [0.2, 0.25) is 0 Å². The van der Waals surface area contributed by atoms with Gasteiger partial charge in [-0.1, -0.05) is 0 Å². The Bertz CT molecular complexity index is 1170. The fourth-order valence-corrected chi connectivity index (χ4v) is 4.64. The number of carbonyl (C=O) groups is 1. The normalized spacial score (nSPS) is 12.8. The number of methoxy groups -OCH3 is 2. The Morgan fingerprint density at radius 2 is 1.90 bits per heavy atom. The van der Waals surface area contributed by atoms with Crippen molar-refractivity contribution in [2.24, 2.45) is 0 Å². The molecule has 1 amide bonds. The summed E-state index contributed by atoms with van der Waals surface area (Å²) in [5.41, 5.74) is 0.697. The van der Waals surface area contributed by atoms with Crippen LogP contribution in [0.3, 0.4) is 0 Å². The predicted molar refractivity (Wildman–Crippen MR) is 114 cm³/mol. The fraction of sp³-hybridized carbons (Fsp3) is 0.286. The molecule has 1 aliphatic carbocycles. The van der Waals surface area contributed by atoms with Crippen LogP contribution in [0.2, 0.25) is 0 Å². The van der Waals surface area contributed by atoms with Crippen molar-refractivity contribution in [3.8, 4) is 23.6 Å². The van der Waals surface area contributed by atoms with Gasteiger partial charge in [-0.2, -0.15) is 10.5 Å². The third kappa shape index (κ3) is 4.34. The zero-order valence-electron chi connectivity index (χ0n) is 16.9. The second kappa shape index (κ2) is 9.28. The molecule has 0 radical (unpaired) electrons. The number of hydrogen-bond donors (Lipinski definition) is 1. The Morgan fingerprint density at radius 1 is 1.23 bits per heavy atom. The number of nitriles is 2. The van der Waals surface area contributed by atoms with Crippen molar-refractivity contribution in [2.75, 3.05) is 19.5 Å². The van der Waals surface area contributed by atoms with Crippen LogP contribution >= 0.6 is 11.3 Å². The summed E-state index contributed by atoms with van der Waals surface area (Å²) in [6.45, 7) is 0. The minimum Gasteiger partial charge on any atom is -0.493 e. The highest BCUT2D eigenvalue weighted by atomic mass is 32.1. The quantitative estimate of drug-likeness (QED) is 0.312. The summed E-state index contributed by atoms with van der Waals surface area (Å²) < 4.78 is 10.2. The SMILES string of the molecule is COc1cc(/C=C(\C#N)C(=O)Nc2sc3c(c2C#N)CCCC3)c([N+](=O)[O-])cc1OC. The highest BCUT2D eigenvalue weighted by Gasteiger charge is 2.24. The predicted octanol–water partition coefficient (Wildman–Crippen LogP) is 3.97. The number of aryl methyl sites for hydroxylation is 1. The van der Waals surface area contributed by atoms with Crippen molar-refractivity contribution < 1.29 is 19.2 Å². The number of nitro benzene ring substituents is 1. The standard InChI is InChI=1S/C21H18N4O5S/c1-29-17-8-12(16(25(27)28)9-18(17)30-2)7-13(10-22)20(26)24-21-15(11-23)14-5-3-4-6-19(14)31-21/h7-9H,3-6H2,1-2H3,(H,24,26)/b13-7+. The zero-order chi connectivity index (χ0) is 22.5. The molecule has 1 aliphatic rings. The van der Waals surface area contributed by atoms with Gasteiger partial charge in [0, 0.05) is 4.88 Å². The van der Waals surface area contributed by atoms with Crippen LogP contribution in [0.4, 0.5) is 10.7 Å². The lowest BCUT2D eigenvalue weighted by atomic mass is 9.96. The molecule has 0 bridgehead atoms. The number of anilines is 1. The first-order valence-electron chi connectivity index (χ1n) is 9.31. The van der Waals surface area contributed by atoms with Crippen LogP contribution in [-0.4, -0.2) is 25.1 Å². The Morgan fingerprint density at radius 3 is 2.52 bits per heavy atom. The van der Waals surface area contributed by atoms with Crippen molar-refractivity contribution in [1.82, 2.24) is 0 Å². The molecule has 0 unspecified atom stereocenters. The molecule has 0 atom stereocenters. The van der Waals surface area contributed by atoms with Gasteiger partial charge < -0.3 is 14.8 Å². The summed E-state index contributed by atoms with van der Waals surface area (Å²) in [4.78, 5) is 24.7. The van der Waals surface area contributed by atoms with Crippen molar-refractivity contribution in [1.29, 1.82) is 10.5 Å². The number of hydrogen-bond acceptors (Lipinski definition) is 8. The van der Waals surface area contributed by atoms with Crippen molar-refractivity contribution in [3.63, 3.8) is 0 Å². The van der Waals surface area contributed by atoms with Gasteiger partial charge in [0.25, 0.3) is 11.6 Å². The van der Waals surface area contributed by atoms with Gasteiger partial charge in [-0.25, -0.2) is 0 Å². The molecular weight excluding hydrogens is 420 g/mol. The Hall–Kier alpha value is -3.89. The molecule has 1 aromatic carbocycles. The average molecular weight is 438 g/mol. The van der Waals surface area contributed by atoms with Crippen LogP contribution in [-0.2, 0) is 17.6 Å². The van der Waals surface area contributed by atoms with E-state index >= 15 is 0 Å². The lowest BCUT2D eigenvalue weighted by Crippen LogP contribution is -2.13. The summed E-state index contributed by atoms with van der Waals surface area (Å²) in [7, 11) is 2.72. The summed E-state index contributed by atoms with van der Waals surface area (Å²) in [5, 5.41) is 33.6. The number of carbonyl (C=O) groups excluding carboxylic acids is 1. The molecule has 0 spiro atoms. The van der Waals surface area contributed by atoms with E-state index < -0.39 is 10.8 Å². The first-order chi connectivity index (χ1) is 14.9. The lowest BCUT2D eigenvalue weighted by molar-refractivity contribution is -0.385.